The molecule has 166 valence electrons. The second-order valence-electron chi connectivity index (χ2n) is 7.05. The molecule has 1 unspecified atom stereocenters. The Balaban J connectivity index is 1.68. The van der Waals surface area contributed by atoms with E-state index >= 15 is 0 Å². The van der Waals surface area contributed by atoms with Gasteiger partial charge in [-0.2, -0.15) is 13.2 Å². The molecule has 0 aliphatic carbocycles. The normalized spacial score (nSPS) is 16.2. The van der Waals surface area contributed by atoms with Gasteiger partial charge in [-0.25, -0.2) is 8.78 Å². The second-order valence-corrected chi connectivity index (χ2v) is 7.05. The fraction of sp³-hybridized carbons (Fsp3) is 0.333. The number of amides is 2. The number of carbonyl (C=O) groups excluding carboxylic acids is 2. The summed E-state index contributed by atoms with van der Waals surface area (Å²) in [7, 11) is 0. The van der Waals surface area contributed by atoms with Crippen molar-refractivity contribution in [1.82, 2.24) is 0 Å². The molecule has 1 fully saturated rings. The molecule has 2 N–H and O–H groups in total. The van der Waals surface area contributed by atoms with Crippen molar-refractivity contribution >= 4 is 23.2 Å². The van der Waals surface area contributed by atoms with Crippen LogP contribution in [0, 0.1) is 11.6 Å². The molecule has 0 saturated carbocycles. The van der Waals surface area contributed by atoms with Gasteiger partial charge in [0.25, 0.3) is 5.91 Å². The third-order valence-electron chi connectivity index (χ3n) is 4.71. The Kier molecular flexibility index (Phi) is 6.89. The van der Waals surface area contributed by atoms with Crippen molar-refractivity contribution < 1.29 is 36.3 Å². The van der Waals surface area contributed by atoms with Crippen LogP contribution >= 0.6 is 0 Å². The Morgan fingerprint density at radius 2 is 1.81 bits per heavy atom. The zero-order valence-electron chi connectivity index (χ0n) is 16.2. The van der Waals surface area contributed by atoms with Gasteiger partial charge in [-0.05, 0) is 55.2 Å². The molecule has 2 amide bonds. The van der Waals surface area contributed by atoms with Gasteiger partial charge in [-0.3, -0.25) is 9.59 Å². The molecule has 1 saturated heterocycles. The zero-order valence-corrected chi connectivity index (χ0v) is 16.2. The van der Waals surface area contributed by atoms with Gasteiger partial charge in [-0.1, -0.05) is 6.07 Å². The van der Waals surface area contributed by atoms with Crippen LogP contribution < -0.4 is 10.6 Å². The number of aryl methyl sites for hydroxylation is 1. The van der Waals surface area contributed by atoms with Crippen LogP contribution in [0.1, 0.15) is 30.4 Å². The number of ether oxygens (including phenoxy) is 1. The van der Waals surface area contributed by atoms with Crippen molar-refractivity contribution in [2.24, 2.45) is 0 Å². The molecule has 1 aliphatic heterocycles. The van der Waals surface area contributed by atoms with Gasteiger partial charge in [0.05, 0.1) is 11.3 Å². The van der Waals surface area contributed by atoms with Crippen molar-refractivity contribution in [2.75, 3.05) is 17.2 Å². The molecule has 1 aliphatic rings. The first-order valence-electron chi connectivity index (χ1n) is 9.51. The maximum Gasteiger partial charge on any atom is 0.418 e. The van der Waals surface area contributed by atoms with Crippen LogP contribution in [0.2, 0.25) is 0 Å². The first-order valence-corrected chi connectivity index (χ1v) is 9.51. The summed E-state index contributed by atoms with van der Waals surface area (Å²) >= 11 is 0. The summed E-state index contributed by atoms with van der Waals surface area (Å²) in [6, 6.07) is 6.15. The zero-order chi connectivity index (χ0) is 22.6. The van der Waals surface area contributed by atoms with Crippen LogP contribution in [0.15, 0.2) is 36.4 Å². The quantitative estimate of drug-likeness (QED) is 0.639. The third-order valence-corrected chi connectivity index (χ3v) is 4.71. The minimum atomic E-state index is -4.78. The number of carbonyl (C=O) groups is 2. The fourth-order valence-electron chi connectivity index (χ4n) is 3.14. The molecule has 1 heterocycles. The summed E-state index contributed by atoms with van der Waals surface area (Å²) in [5.41, 5.74) is -1.35. The van der Waals surface area contributed by atoms with Crippen molar-refractivity contribution in [1.29, 1.82) is 0 Å². The van der Waals surface area contributed by atoms with Crippen molar-refractivity contribution in [3.8, 4) is 0 Å². The maximum atomic E-state index is 13.5. The Morgan fingerprint density at radius 1 is 1.03 bits per heavy atom. The van der Waals surface area contributed by atoms with E-state index in [1.54, 1.807) is 0 Å². The van der Waals surface area contributed by atoms with Gasteiger partial charge < -0.3 is 15.4 Å². The highest BCUT2D eigenvalue weighted by molar-refractivity contribution is 5.96. The van der Waals surface area contributed by atoms with E-state index in [9.17, 15) is 31.5 Å². The summed E-state index contributed by atoms with van der Waals surface area (Å²) in [4.78, 5) is 24.2. The van der Waals surface area contributed by atoms with E-state index < -0.39 is 47.0 Å². The van der Waals surface area contributed by atoms with Gasteiger partial charge in [0.15, 0.2) is 11.6 Å². The molecule has 3 rings (SSSR count). The largest absolute Gasteiger partial charge is 0.418 e. The lowest BCUT2D eigenvalue weighted by Crippen LogP contribution is -2.27. The second kappa shape index (κ2) is 9.42. The van der Waals surface area contributed by atoms with Gasteiger partial charge in [0.2, 0.25) is 5.91 Å². The molecular formula is C21H19F5N2O3. The van der Waals surface area contributed by atoms with Crippen LogP contribution in [-0.4, -0.2) is 24.5 Å². The first-order chi connectivity index (χ1) is 14.6. The van der Waals surface area contributed by atoms with Crippen molar-refractivity contribution in [3.63, 3.8) is 0 Å². The van der Waals surface area contributed by atoms with Crippen LogP contribution in [0.25, 0.3) is 0 Å². The van der Waals surface area contributed by atoms with Crippen LogP contribution in [0.5, 0.6) is 0 Å². The highest BCUT2D eigenvalue weighted by Gasteiger charge is 2.34. The summed E-state index contributed by atoms with van der Waals surface area (Å²) < 4.78 is 71.8. The molecule has 2 aromatic carbocycles. The highest BCUT2D eigenvalue weighted by Crippen LogP contribution is 2.37. The van der Waals surface area contributed by atoms with Crippen LogP contribution in [0.4, 0.5) is 33.3 Å². The number of anilines is 2. The Morgan fingerprint density at radius 3 is 2.45 bits per heavy atom. The number of benzene rings is 2. The van der Waals surface area contributed by atoms with Crippen LogP contribution in [-0.2, 0) is 26.9 Å². The van der Waals surface area contributed by atoms with E-state index in [1.807, 2.05) is 0 Å². The lowest BCUT2D eigenvalue weighted by Gasteiger charge is -2.17. The first kappa shape index (κ1) is 22.7. The highest BCUT2D eigenvalue weighted by atomic mass is 19.4. The summed E-state index contributed by atoms with van der Waals surface area (Å²) in [6.07, 6.45) is -4.52. The van der Waals surface area contributed by atoms with Crippen molar-refractivity contribution in [3.05, 3.63) is 59.2 Å². The lowest BCUT2D eigenvalue weighted by atomic mass is 10.1. The molecular weight excluding hydrogens is 423 g/mol. The van der Waals surface area contributed by atoms with Gasteiger partial charge >= 0.3 is 6.18 Å². The fourth-order valence-corrected chi connectivity index (χ4v) is 3.14. The monoisotopic (exact) mass is 442 g/mol. The number of nitrogens with one attached hydrogen (secondary N) is 2. The SMILES string of the molecule is O=C(CCc1ccc(F)c(F)c1)Nc1ccc(NC(=O)C2CCCO2)cc1C(F)(F)F. The number of hydrogen-bond donors (Lipinski definition) is 2. The summed E-state index contributed by atoms with van der Waals surface area (Å²) in [5.74, 6) is -3.37. The van der Waals surface area contributed by atoms with Gasteiger partial charge in [0.1, 0.15) is 6.10 Å². The predicted molar refractivity (Wildman–Crippen MR) is 102 cm³/mol. The molecule has 0 bridgehead atoms. The van der Waals surface area contributed by atoms with E-state index in [-0.39, 0.29) is 18.5 Å². The molecule has 31 heavy (non-hydrogen) atoms. The molecule has 10 heteroatoms. The number of alkyl halides is 3. The van der Waals surface area contributed by atoms with E-state index in [2.05, 4.69) is 10.6 Å². The average molecular weight is 442 g/mol. The summed E-state index contributed by atoms with van der Waals surface area (Å²) in [6.45, 7) is 0.418. The Bertz CT molecular complexity index is 972. The maximum absolute atomic E-state index is 13.5. The van der Waals surface area contributed by atoms with Crippen molar-refractivity contribution in [2.45, 2.75) is 38.0 Å². The smallest absolute Gasteiger partial charge is 0.368 e. The Labute approximate surface area is 174 Å². The molecule has 0 aromatic heterocycles. The topological polar surface area (TPSA) is 67.4 Å². The lowest BCUT2D eigenvalue weighted by molar-refractivity contribution is -0.137. The third kappa shape index (κ3) is 6.00. The van der Waals surface area contributed by atoms with E-state index in [0.29, 0.717) is 25.0 Å². The van der Waals surface area contributed by atoms with E-state index in [1.165, 1.54) is 12.1 Å². The minimum absolute atomic E-state index is 0.0138. The average Bonchev–Trinajstić information content (AvgIpc) is 3.24. The molecule has 5 nitrogen and oxygen atoms in total. The van der Waals surface area contributed by atoms with E-state index in [0.717, 1.165) is 24.3 Å². The molecule has 0 spiro atoms. The minimum Gasteiger partial charge on any atom is -0.368 e. The summed E-state index contributed by atoms with van der Waals surface area (Å²) in [5, 5.41) is 4.58. The number of halogens is 5. The number of hydrogen-bond acceptors (Lipinski definition) is 3. The standard InChI is InChI=1S/C21H19F5N2O3/c22-15-6-3-12(10-16(15)23)4-8-19(29)28-17-7-5-13(11-14(17)21(24,25)26)27-20(30)18-2-1-9-31-18/h3,5-7,10-11,18H,1-2,4,8-9H2,(H,27,30)(H,28,29). The van der Waals surface area contributed by atoms with Gasteiger partial charge in [-0.15, -0.1) is 0 Å². The van der Waals surface area contributed by atoms with Crippen LogP contribution in [0.3, 0.4) is 0 Å². The molecule has 1 atom stereocenters. The molecule has 2 aromatic rings. The number of rotatable bonds is 6. The van der Waals surface area contributed by atoms with Gasteiger partial charge in [0, 0.05) is 18.7 Å². The Hall–Kier alpha value is -3.01. The predicted octanol–water partition coefficient (Wildman–Crippen LogP) is 4.67. The van der Waals surface area contributed by atoms with E-state index in [4.69, 9.17) is 4.74 Å². The molecule has 0 radical (unpaired) electrons.